The first-order valence-corrected chi connectivity index (χ1v) is 6.47. The van der Waals surface area contributed by atoms with Crippen LogP contribution >= 0.6 is 0 Å². The van der Waals surface area contributed by atoms with E-state index in [4.69, 9.17) is 5.11 Å². The van der Waals surface area contributed by atoms with Crippen LogP contribution in [0.1, 0.15) is 24.2 Å². The maximum absolute atomic E-state index is 13.7. The molecule has 1 heterocycles. The molecule has 21 heavy (non-hydrogen) atoms. The van der Waals surface area contributed by atoms with Gasteiger partial charge >= 0.3 is 5.97 Å². The fourth-order valence-electron chi connectivity index (χ4n) is 2.11. The highest BCUT2D eigenvalue weighted by atomic mass is 19.1. The molecule has 2 rings (SSSR count). The summed E-state index contributed by atoms with van der Waals surface area (Å²) in [7, 11) is 0. The largest absolute Gasteiger partial charge is 0.480 e. The lowest BCUT2D eigenvalue weighted by Gasteiger charge is -2.25. The number of carbonyl (C=O) groups is 2. The molecule has 0 aliphatic rings. The number of aromatic nitrogens is 1. The lowest BCUT2D eigenvalue weighted by molar-refractivity contribution is -0.138. The quantitative estimate of drug-likeness (QED) is 0.938. The van der Waals surface area contributed by atoms with Crippen LogP contribution in [0.3, 0.4) is 0 Å². The summed E-state index contributed by atoms with van der Waals surface area (Å²) < 4.78 is 13.7. The van der Waals surface area contributed by atoms with Crippen LogP contribution in [0.5, 0.6) is 0 Å². The molecule has 0 atom stereocenters. The number of hydrogen-bond acceptors (Lipinski definition) is 3. The van der Waals surface area contributed by atoms with Crippen molar-refractivity contribution in [2.24, 2.45) is 0 Å². The predicted molar refractivity (Wildman–Crippen MR) is 75.5 cm³/mol. The summed E-state index contributed by atoms with van der Waals surface area (Å²) in [5, 5.41) is 9.41. The first-order valence-electron chi connectivity index (χ1n) is 6.47. The monoisotopic (exact) mass is 290 g/mol. The highest BCUT2D eigenvalue weighted by Gasteiger charge is 2.24. The van der Waals surface area contributed by atoms with Crippen LogP contribution in [0.15, 0.2) is 30.5 Å². The molecule has 0 fully saturated rings. The van der Waals surface area contributed by atoms with Crippen molar-refractivity contribution in [1.29, 1.82) is 0 Å². The standard InChI is InChI=1S/C15H15FN2O3/c1-9(2)18(8-13(19)20)15(21)12-7-11(16)6-10-4-3-5-17-14(10)12/h3-7,9H,8H2,1-2H3,(H,19,20). The number of amides is 1. The zero-order valence-electron chi connectivity index (χ0n) is 11.7. The topological polar surface area (TPSA) is 70.5 Å². The maximum Gasteiger partial charge on any atom is 0.323 e. The summed E-state index contributed by atoms with van der Waals surface area (Å²) in [6, 6.07) is 5.35. The Balaban J connectivity index is 2.53. The van der Waals surface area contributed by atoms with Gasteiger partial charge in [-0.15, -0.1) is 0 Å². The van der Waals surface area contributed by atoms with Crippen LogP contribution < -0.4 is 0 Å². The molecule has 0 saturated heterocycles. The van der Waals surface area contributed by atoms with Crippen molar-refractivity contribution in [3.05, 3.63) is 41.8 Å². The Labute approximate surface area is 121 Å². The fourth-order valence-corrected chi connectivity index (χ4v) is 2.11. The average Bonchev–Trinajstić information content (AvgIpc) is 2.42. The highest BCUT2D eigenvalue weighted by molar-refractivity contribution is 6.06. The molecule has 1 aromatic heterocycles. The third-order valence-corrected chi connectivity index (χ3v) is 3.09. The van der Waals surface area contributed by atoms with E-state index in [0.717, 1.165) is 6.07 Å². The molecule has 0 spiro atoms. The van der Waals surface area contributed by atoms with Crippen molar-refractivity contribution in [2.45, 2.75) is 19.9 Å². The van der Waals surface area contributed by atoms with Crippen LogP contribution in [-0.4, -0.2) is 39.5 Å². The summed E-state index contributed by atoms with van der Waals surface area (Å²) in [6.07, 6.45) is 1.51. The Hall–Kier alpha value is -2.50. The number of fused-ring (bicyclic) bond motifs is 1. The number of rotatable bonds is 4. The van der Waals surface area contributed by atoms with E-state index in [-0.39, 0.29) is 11.6 Å². The minimum absolute atomic E-state index is 0.0700. The van der Waals surface area contributed by atoms with Crippen molar-refractivity contribution < 1.29 is 19.1 Å². The molecule has 2 aromatic rings. The lowest BCUT2D eigenvalue weighted by atomic mass is 10.1. The molecule has 0 radical (unpaired) electrons. The second-order valence-corrected chi connectivity index (χ2v) is 4.95. The first kappa shape index (κ1) is 14.9. The Kier molecular flexibility index (Phi) is 4.16. The molecule has 0 bridgehead atoms. The minimum Gasteiger partial charge on any atom is -0.480 e. The Morgan fingerprint density at radius 3 is 2.71 bits per heavy atom. The Morgan fingerprint density at radius 1 is 1.38 bits per heavy atom. The average molecular weight is 290 g/mol. The fraction of sp³-hybridized carbons (Fsp3) is 0.267. The van der Waals surface area contributed by atoms with Gasteiger partial charge in [-0.25, -0.2) is 4.39 Å². The minimum atomic E-state index is -1.12. The van der Waals surface area contributed by atoms with Crippen LogP contribution in [0, 0.1) is 5.82 Å². The van der Waals surface area contributed by atoms with Crippen LogP contribution in [0.2, 0.25) is 0 Å². The van der Waals surface area contributed by atoms with E-state index in [9.17, 15) is 14.0 Å². The van der Waals surface area contributed by atoms with Crippen molar-refractivity contribution in [3.63, 3.8) is 0 Å². The van der Waals surface area contributed by atoms with Gasteiger partial charge in [-0.1, -0.05) is 6.07 Å². The van der Waals surface area contributed by atoms with E-state index in [1.165, 1.54) is 17.2 Å². The van der Waals surface area contributed by atoms with Crippen molar-refractivity contribution in [2.75, 3.05) is 6.54 Å². The summed E-state index contributed by atoms with van der Waals surface area (Å²) in [5.41, 5.74) is 0.431. The van der Waals surface area contributed by atoms with Crippen LogP contribution in [0.4, 0.5) is 4.39 Å². The van der Waals surface area contributed by atoms with Crippen LogP contribution in [0.25, 0.3) is 10.9 Å². The van der Waals surface area contributed by atoms with Gasteiger partial charge in [0.1, 0.15) is 12.4 Å². The highest BCUT2D eigenvalue weighted by Crippen LogP contribution is 2.20. The summed E-state index contributed by atoms with van der Waals surface area (Å²) in [4.78, 5) is 28.7. The molecule has 0 saturated carbocycles. The number of benzene rings is 1. The lowest BCUT2D eigenvalue weighted by Crippen LogP contribution is -2.40. The molecule has 1 N–H and O–H groups in total. The molecule has 6 heteroatoms. The van der Waals surface area contributed by atoms with E-state index in [2.05, 4.69) is 4.98 Å². The number of carboxylic acid groups (broad SMARTS) is 1. The molecule has 110 valence electrons. The summed E-state index contributed by atoms with van der Waals surface area (Å²) >= 11 is 0. The van der Waals surface area contributed by atoms with E-state index in [0.29, 0.717) is 10.9 Å². The number of nitrogens with zero attached hydrogens (tertiary/aromatic N) is 2. The molecule has 0 aliphatic heterocycles. The zero-order chi connectivity index (χ0) is 15.6. The Morgan fingerprint density at radius 2 is 2.10 bits per heavy atom. The number of hydrogen-bond donors (Lipinski definition) is 1. The second kappa shape index (κ2) is 5.87. The number of carboxylic acids is 1. The molecule has 1 aromatic carbocycles. The maximum atomic E-state index is 13.7. The molecule has 1 amide bonds. The molecule has 5 nitrogen and oxygen atoms in total. The second-order valence-electron chi connectivity index (χ2n) is 4.95. The van der Waals surface area contributed by atoms with Gasteiger partial charge < -0.3 is 10.0 Å². The van der Waals surface area contributed by atoms with E-state index in [1.54, 1.807) is 26.0 Å². The van der Waals surface area contributed by atoms with Gasteiger partial charge in [0.2, 0.25) is 0 Å². The van der Waals surface area contributed by atoms with Gasteiger partial charge in [-0.2, -0.15) is 0 Å². The number of aliphatic carboxylic acids is 1. The van der Waals surface area contributed by atoms with Crippen molar-refractivity contribution >= 4 is 22.8 Å². The Bertz CT molecular complexity index is 700. The van der Waals surface area contributed by atoms with Gasteiger partial charge in [-0.05, 0) is 32.0 Å². The van der Waals surface area contributed by atoms with Gasteiger partial charge in [0.15, 0.2) is 0 Å². The normalized spacial score (nSPS) is 10.9. The molecular formula is C15H15FN2O3. The molecule has 0 aliphatic carbocycles. The summed E-state index contributed by atoms with van der Waals surface area (Å²) in [6.45, 7) is 2.97. The van der Waals surface area contributed by atoms with Crippen LogP contribution in [-0.2, 0) is 4.79 Å². The smallest absolute Gasteiger partial charge is 0.323 e. The van der Waals surface area contributed by atoms with E-state index >= 15 is 0 Å². The molecule has 0 unspecified atom stereocenters. The molecular weight excluding hydrogens is 275 g/mol. The van der Waals surface area contributed by atoms with Gasteiger partial charge in [0.05, 0.1) is 11.1 Å². The third kappa shape index (κ3) is 3.16. The predicted octanol–water partition coefficient (Wildman–Crippen LogP) is 2.31. The third-order valence-electron chi connectivity index (χ3n) is 3.09. The van der Waals surface area contributed by atoms with Crippen molar-refractivity contribution in [1.82, 2.24) is 9.88 Å². The van der Waals surface area contributed by atoms with E-state index in [1.807, 2.05) is 0 Å². The first-order chi connectivity index (χ1) is 9.90. The SMILES string of the molecule is CC(C)N(CC(=O)O)C(=O)c1cc(F)cc2cccnc12. The van der Waals surface area contributed by atoms with Gasteiger partial charge in [-0.3, -0.25) is 14.6 Å². The van der Waals surface area contributed by atoms with Gasteiger partial charge in [0.25, 0.3) is 5.91 Å². The van der Waals surface area contributed by atoms with E-state index < -0.39 is 24.2 Å². The summed E-state index contributed by atoms with van der Waals surface area (Å²) in [5.74, 6) is -2.22. The van der Waals surface area contributed by atoms with Crippen molar-refractivity contribution in [3.8, 4) is 0 Å². The number of carbonyl (C=O) groups excluding carboxylic acids is 1. The van der Waals surface area contributed by atoms with Gasteiger partial charge in [0, 0.05) is 17.6 Å². The zero-order valence-corrected chi connectivity index (χ0v) is 11.7. The number of pyridine rings is 1. The number of halogens is 1.